The lowest BCUT2D eigenvalue weighted by atomic mass is 9.66. The number of rotatable bonds is 5. The Bertz CT molecular complexity index is 575. The first-order valence-corrected chi connectivity index (χ1v) is 7.98. The number of nitrogens with zero attached hydrogens (tertiary/aromatic N) is 1. The van der Waals surface area contributed by atoms with Gasteiger partial charge in [-0.05, 0) is 37.8 Å². The van der Waals surface area contributed by atoms with Crippen molar-refractivity contribution in [2.75, 3.05) is 23.3 Å². The molecular formula is C17H22N2O3. The highest BCUT2D eigenvalue weighted by Crippen LogP contribution is 2.44. The lowest BCUT2D eigenvalue weighted by Crippen LogP contribution is -2.41. The van der Waals surface area contributed by atoms with Crippen LogP contribution in [0.25, 0.3) is 0 Å². The number of carboxylic acids is 1. The van der Waals surface area contributed by atoms with Crippen LogP contribution in [-0.2, 0) is 9.59 Å². The van der Waals surface area contributed by atoms with Gasteiger partial charge in [0.25, 0.3) is 0 Å². The highest BCUT2D eigenvalue weighted by atomic mass is 16.4. The van der Waals surface area contributed by atoms with E-state index in [4.69, 9.17) is 0 Å². The van der Waals surface area contributed by atoms with Crippen molar-refractivity contribution >= 4 is 23.3 Å². The Morgan fingerprint density at radius 1 is 1.14 bits per heavy atom. The Hall–Kier alpha value is -2.04. The summed E-state index contributed by atoms with van der Waals surface area (Å²) >= 11 is 0. The van der Waals surface area contributed by atoms with E-state index in [1.54, 1.807) is 0 Å². The summed E-state index contributed by atoms with van der Waals surface area (Å²) in [7, 11) is 0. The molecular weight excluding hydrogens is 280 g/mol. The minimum atomic E-state index is -0.846. The number of amides is 1. The second kappa shape index (κ2) is 5.99. The van der Waals surface area contributed by atoms with Gasteiger partial charge in [-0.1, -0.05) is 18.6 Å². The molecule has 1 aliphatic carbocycles. The van der Waals surface area contributed by atoms with Gasteiger partial charge in [0, 0.05) is 19.5 Å². The van der Waals surface area contributed by atoms with Crippen molar-refractivity contribution in [3.63, 3.8) is 0 Å². The zero-order chi connectivity index (χ0) is 15.6. The largest absolute Gasteiger partial charge is 0.481 e. The Kier molecular flexibility index (Phi) is 4.05. The molecule has 0 unspecified atom stereocenters. The number of anilines is 2. The van der Waals surface area contributed by atoms with E-state index in [1.807, 2.05) is 24.3 Å². The van der Waals surface area contributed by atoms with Gasteiger partial charge in [0.05, 0.1) is 16.8 Å². The molecule has 2 N–H and O–H groups in total. The molecule has 1 saturated heterocycles. The van der Waals surface area contributed by atoms with Gasteiger partial charge in [-0.25, -0.2) is 0 Å². The molecule has 118 valence electrons. The first-order chi connectivity index (χ1) is 10.6. The topological polar surface area (TPSA) is 69.6 Å². The minimum Gasteiger partial charge on any atom is -0.481 e. The molecule has 0 aromatic heterocycles. The van der Waals surface area contributed by atoms with Gasteiger partial charge in [-0.15, -0.1) is 0 Å². The number of para-hydroxylation sites is 2. The molecule has 1 aliphatic heterocycles. The van der Waals surface area contributed by atoms with Crippen LogP contribution in [0.15, 0.2) is 24.3 Å². The highest BCUT2D eigenvalue weighted by Gasteiger charge is 2.45. The Morgan fingerprint density at radius 2 is 1.82 bits per heavy atom. The van der Waals surface area contributed by atoms with Gasteiger partial charge in [0.2, 0.25) is 5.91 Å². The summed E-state index contributed by atoms with van der Waals surface area (Å²) in [5, 5.41) is 12.3. The van der Waals surface area contributed by atoms with E-state index in [-0.39, 0.29) is 12.3 Å². The first kappa shape index (κ1) is 14.9. The number of carbonyl (C=O) groups excluding carboxylic acids is 1. The smallest absolute Gasteiger partial charge is 0.310 e. The van der Waals surface area contributed by atoms with Crippen LogP contribution in [0.1, 0.15) is 38.5 Å². The second-order valence-corrected chi connectivity index (χ2v) is 6.38. The average molecular weight is 302 g/mol. The van der Waals surface area contributed by atoms with Crippen LogP contribution in [0.5, 0.6) is 0 Å². The Balaban J connectivity index is 1.70. The summed E-state index contributed by atoms with van der Waals surface area (Å²) in [6, 6.07) is 7.76. The fourth-order valence-electron chi connectivity index (χ4n) is 3.38. The maximum absolute atomic E-state index is 12.3. The number of carbonyl (C=O) groups is 2. The van der Waals surface area contributed by atoms with E-state index >= 15 is 0 Å². The number of carboxylic acid groups (broad SMARTS) is 1. The number of nitrogens with one attached hydrogen (secondary N) is 1. The summed E-state index contributed by atoms with van der Waals surface area (Å²) in [6.07, 6.45) is 4.50. The number of aliphatic carboxylic acids is 1. The molecule has 0 atom stereocenters. The third-order valence-electron chi connectivity index (χ3n) is 4.89. The van der Waals surface area contributed by atoms with Crippen LogP contribution in [0.4, 0.5) is 11.4 Å². The van der Waals surface area contributed by atoms with Crippen molar-refractivity contribution in [1.29, 1.82) is 0 Å². The summed E-state index contributed by atoms with van der Waals surface area (Å²) in [5.74, 6) is -1.05. The molecule has 1 aromatic carbocycles. The fourth-order valence-corrected chi connectivity index (χ4v) is 3.38. The molecule has 0 spiro atoms. The van der Waals surface area contributed by atoms with Crippen molar-refractivity contribution < 1.29 is 14.7 Å². The lowest BCUT2D eigenvalue weighted by molar-refractivity contribution is -0.157. The van der Waals surface area contributed by atoms with Gasteiger partial charge >= 0.3 is 5.97 Å². The van der Waals surface area contributed by atoms with Crippen molar-refractivity contribution in [2.24, 2.45) is 5.41 Å². The normalized spacial score (nSPS) is 19.5. The lowest BCUT2D eigenvalue weighted by Gasteiger charge is -2.37. The third-order valence-corrected chi connectivity index (χ3v) is 4.89. The molecule has 1 amide bonds. The zero-order valence-electron chi connectivity index (χ0n) is 12.7. The number of hydrogen-bond acceptors (Lipinski definition) is 3. The van der Waals surface area contributed by atoms with E-state index < -0.39 is 11.4 Å². The minimum absolute atomic E-state index is 0.0661. The highest BCUT2D eigenvalue weighted by molar-refractivity contribution is 5.97. The van der Waals surface area contributed by atoms with Gasteiger partial charge in [0.1, 0.15) is 0 Å². The van der Waals surface area contributed by atoms with Gasteiger partial charge in [0.15, 0.2) is 0 Å². The third kappa shape index (κ3) is 2.80. The van der Waals surface area contributed by atoms with Crippen molar-refractivity contribution in [3.05, 3.63) is 24.3 Å². The maximum Gasteiger partial charge on any atom is 0.310 e. The molecule has 5 nitrogen and oxygen atoms in total. The Morgan fingerprint density at radius 3 is 2.41 bits per heavy atom. The number of benzene rings is 1. The van der Waals surface area contributed by atoms with Crippen LogP contribution in [0, 0.1) is 5.41 Å². The first-order valence-electron chi connectivity index (χ1n) is 7.98. The van der Waals surface area contributed by atoms with E-state index in [0.717, 1.165) is 30.9 Å². The fraction of sp³-hybridized carbons (Fsp3) is 0.529. The van der Waals surface area contributed by atoms with Crippen molar-refractivity contribution in [3.8, 4) is 0 Å². The second-order valence-electron chi connectivity index (χ2n) is 6.38. The quantitative estimate of drug-likeness (QED) is 0.877. The van der Waals surface area contributed by atoms with Crippen LogP contribution in [0.2, 0.25) is 0 Å². The summed E-state index contributed by atoms with van der Waals surface area (Å²) < 4.78 is 0. The van der Waals surface area contributed by atoms with Crippen LogP contribution in [-0.4, -0.2) is 30.1 Å². The molecule has 2 fully saturated rings. The molecule has 3 rings (SSSR count). The molecule has 2 aliphatic rings. The molecule has 1 heterocycles. The van der Waals surface area contributed by atoms with Gasteiger partial charge in [-0.3, -0.25) is 9.59 Å². The standard InChI is InChI=1S/C17H22N2O3/c20-15(12-17(16(21)22)8-5-9-17)18-13-6-1-2-7-14(13)19-10-3-4-11-19/h1-2,6-7H,3-5,8-12H2,(H,18,20)(H,21,22). The molecule has 0 bridgehead atoms. The SMILES string of the molecule is O=C(CC1(C(=O)O)CCC1)Nc1ccccc1N1CCCC1. The average Bonchev–Trinajstić information content (AvgIpc) is 2.97. The monoisotopic (exact) mass is 302 g/mol. The summed E-state index contributed by atoms with van der Waals surface area (Å²) in [5.41, 5.74) is 0.979. The van der Waals surface area contributed by atoms with E-state index in [9.17, 15) is 14.7 Å². The number of hydrogen-bond donors (Lipinski definition) is 2. The van der Waals surface area contributed by atoms with Crippen molar-refractivity contribution in [1.82, 2.24) is 0 Å². The molecule has 0 radical (unpaired) electrons. The van der Waals surface area contributed by atoms with Crippen LogP contribution >= 0.6 is 0 Å². The predicted octanol–water partition coefficient (Wildman–Crippen LogP) is 2.87. The van der Waals surface area contributed by atoms with Gasteiger partial charge in [-0.2, -0.15) is 0 Å². The van der Waals surface area contributed by atoms with Gasteiger partial charge < -0.3 is 15.3 Å². The Labute approximate surface area is 130 Å². The zero-order valence-corrected chi connectivity index (χ0v) is 12.7. The molecule has 22 heavy (non-hydrogen) atoms. The molecule has 1 aromatic rings. The molecule has 1 saturated carbocycles. The van der Waals surface area contributed by atoms with E-state index in [0.29, 0.717) is 12.8 Å². The maximum atomic E-state index is 12.3. The summed E-state index contributed by atoms with van der Waals surface area (Å²) in [6.45, 7) is 2.01. The van der Waals surface area contributed by atoms with E-state index in [1.165, 1.54) is 12.8 Å². The van der Waals surface area contributed by atoms with Crippen molar-refractivity contribution in [2.45, 2.75) is 38.5 Å². The van der Waals surface area contributed by atoms with Crippen LogP contribution in [0.3, 0.4) is 0 Å². The molecule has 5 heteroatoms. The summed E-state index contributed by atoms with van der Waals surface area (Å²) in [4.78, 5) is 25.9. The van der Waals surface area contributed by atoms with E-state index in [2.05, 4.69) is 10.2 Å². The van der Waals surface area contributed by atoms with Crippen LogP contribution < -0.4 is 10.2 Å². The predicted molar refractivity (Wildman–Crippen MR) is 85.1 cm³/mol.